The maximum Gasteiger partial charge on any atom is 0.298 e. The normalized spacial score (nSPS) is 23.8. The van der Waals surface area contributed by atoms with E-state index >= 15 is 0 Å². The van der Waals surface area contributed by atoms with Crippen LogP contribution in [0.1, 0.15) is 12.8 Å². The highest BCUT2D eigenvalue weighted by atomic mass is 35.5. The van der Waals surface area contributed by atoms with Crippen LogP contribution >= 0.6 is 22.9 Å². The van der Waals surface area contributed by atoms with Crippen LogP contribution in [0.2, 0.25) is 5.02 Å². The van der Waals surface area contributed by atoms with Crippen molar-refractivity contribution >= 4 is 40.1 Å². The molecule has 1 aromatic carbocycles. The second-order valence-electron chi connectivity index (χ2n) is 6.15. The Morgan fingerprint density at radius 1 is 1.26 bits per heavy atom. The quantitative estimate of drug-likeness (QED) is 0.769. The zero-order valence-corrected chi connectivity index (χ0v) is 13.9. The SMILES string of the molecule is Clc1ccc(-c2nccs2)c2oc(N3CC4CCC(C3)N4)nc12. The second-order valence-corrected chi connectivity index (χ2v) is 7.45. The average Bonchev–Trinajstić information content (AvgIpc) is 3.28. The van der Waals surface area contributed by atoms with E-state index in [0.717, 1.165) is 34.8 Å². The Hall–Kier alpha value is -1.63. The van der Waals surface area contributed by atoms with Gasteiger partial charge in [-0.2, -0.15) is 4.98 Å². The summed E-state index contributed by atoms with van der Waals surface area (Å²) >= 11 is 7.93. The Morgan fingerprint density at radius 3 is 2.83 bits per heavy atom. The number of hydrogen-bond acceptors (Lipinski definition) is 6. The number of aromatic nitrogens is 2. The minimum Gasteiger partial charge on any atom is -0.423 e. The number of fused-ring (bicyclic) bond motifs is 3. The molecule has 118 valence electrons. The summed E-state index contributed by atoms with van der Waals surface area (Å²) in [7, 11) is 0. The van der Waals surface area contributed by atoms with Gasteiger partial charge < -0.3 is 14.6 Å². The summed E-state index contributed by atoms with van der Waals surface area (Å²) < 4.78 is 6.14. The molecule has 2 bridgehead atoms. The van der Waals surface area contributed by atoms with Crippen LogP contribution in [0, 0.1) is 0 Å². The number of thiazole rings is 1. The molecule has 0 spiro atoms. The summed E-state index contributed by atoms with van der Waals surface area (Å²) in [6.45, 7) is 1.88. The number of rotatable bonds is 2. The first-order chi connectivity index (χ1) is 11.3. The lowest BCUT2D eigenvalue weighted by Gasteiger charge is -2.31. The third kappa shape index (κ3) is 2.24. The summed E-state index contributed by atoms with van der Waals surface area (Å²) in [6, 6.07) is 5.58. The molecule has 0 amide bonds. The van der Waals surface area contributed by atoms with Gasteiger partial charge in [0.25, 0.3) is 6.01 Å². The van der Waals surface area contributed by atoms with Crippen LogP contribution in [0.3, 0.4) is 0 Å². The largest absolute Gasteiger partial charge is 0.423 e. The number of nitrogens with one attached hydrogen (secondary N) is 1. The summed E-state index contributed by atoms with van der Waals surface area (Å²) in [6.07, 6.45) is 4.25. The van der Waals surface area contributed by atoms with Crippen molar-refractivity contribution < 1.29 is 4.42 Å². The Morgan fingerprint density at radius 2 is 2.09 bits per heavy atom. The Kier molecular flexibility index (Phi) is 3.11. The zero-order valence-electron chi connectivity index (χ0n) is 12.3. The highest BCUT2D eigenvalue weighted by Crippen LogP contribution is 2.37. The van der Waals surface area contributed by atoms with Gasteiger partial charge in [-0.1, -0.05) is 11.6 Å². The van der Waals surface area contributed by atoms with Crippen LogP contribution in [-0.4, -0.2) is 35.1 Å². The lowest BCUT2D eigenvalue weighted by atomic mass is 10.2. The van der Waals surface area contributed by atoms with E-state index in [9.17, 15) is 0 Å². The number of piperazine rings is 1. The molecule has 1 N–H and O–H groups in total. The fourth-order valence-corrected chi connectivity index (χ4v) is 4.43. The van der Waals surface area contributed by atoms with Gasteiger partial charge in [0.1, 0.15) is 10.5 Å². The Balaban J connectivity index is 1.61. The van der Waals surface area contributed by atoms with Gasteiger partial charge in [0.15, 0.2) is 5.58 Å². The molecule has 5 rings (SSSR count). The van der Waals surface area contributed by atoms with Crippen LogP contribution in [0.4, 0.5) is 6.01 Å². The monoisotopic (exact) mass is 346 g/mol. The smallest absolute Gasteiger partial charge is 0.298 e. The maximum absolute atomic E-state index is 6.34. The van der Waals surface area contributed by atoms with Gasteiger partial charge in [-0.3, -0.25) is 0 Å². The van der Waals surface area contributed by atoms with E-state index in [2.05, 4.69) is 20.2 Å². The molecule has 2 aromatic heterocycles. The lowest BCUT2D eigenvalue weighted by Crippen LogP contribution is -2.51. The third-order valence-corrected chi connectivity index (χ3v) is 5.74. The van der Waals surface area contributed by atoms with Gasteiger partial charge in [0.05, 0.1) is 10.6 Å². The van der Waals surface area contributed by atoms with E-state index in [1.54, 1.807) is 17.5 Å². The third-order valence-electron chi connectivity index (χ3n) is 4.63. The molecule has 0 saturated carbocycles. The van der Waals surface area contributed by atoms with Crippen molar-refractivity contribution in [2.75, 3.05) is 18.0 Å². The van der Waals surface area contributed by atoms with Crippen molar-refractivity contribution in [1.82, 2.24) is 15.3 Å². The fraction of sp³-hybridized carbons (Fsp3) is 0.375. The van der Waals surface area contributed by atoms with Crippen LogP contribution in [-0.2, 0) is 0 Å². The molecule has 23 heavy (non-hydrogen) atoms. The summed E-state index contributed by atoms with van der Waals surface area (Å²) in [4.78, 5) is 11.3. The molecule has 2 aliphatic rings. The molecular formula is C16H15ClN4OS. The number of anilines is 1. The van der Waals surface area contributed by atoms with E-state index in [-0.39, 0.29) is 0 Å². The summed E-state index contributed by atoms with van der Waals surface area (Å²) in [5.41, 5.74) is 2.41. The standard InChI is InChI=1S/C16H15ClN4OS/c17-12-4-3-11(15-18-5-6-23-15)14-13(12)20-16(22-14)21-7-9-1-2-10(8-21)19-9/h3-6,9-10,19H,1-2,7-8H2. The van der Waals surface area contributed by atoms with Gasteiger partial charge >= 0.3 is 0 Å². The van der Waals surface area contributed by atoms with Gasteiger partial charge in [0, 0.05) is 36.8 Å². The van der Waals surface area contributed by atoms with E-state index in [1.807, 2.05) is 17.5 Å². The molecule has 5 nitrogen and oxygen atoms in total. The summed E-state index contributed by atoms with van der Waals surface area (Å²) in [5.74, 6) is 0. The fourth-order valence-electron chi connectivity index (χ4n) is 3.58. The first-order valence-corrected chi connectivity index (χ1v) is 9.03. The van der Waals surface area contributed by atoms with Crippen molar-refractivity contribution in [2.24, 2.45) is 0 Å². The van der Waals surface area contributed by atoms with Crippen molar-refractivity contribution in [3.8, 4) is 10.6 Å². The van der Waals surface area contributed by atoms with E-state index < -0.39 is 0 Å². The summed E-state index contributed by atoms with van der Waals surface area (Å²) in [5, 5.41) is 7.13. The predicted octanol–water partition coefficient (Wildman–Crippen LogP) is 3.55. The zero-order chi connectivity index (χ0) is 15.4. The van der Waals surface area contributed by atoms with E-state index in [1.165, 1.54) is 12.8 Å². The maximum atomic E-state index is 6.34. The lowest BCUT2D eigenvalue weighted by molar-refractivity contribution is 0.437. The molecule has 2 saturated heterocycles. The number of halogens is 1. The van der Waals surface area contributed by atoms with Gasteiger partial charge in [0.2, 0.25) is 0 Å². The number of nitrogens with zero attached hydrogens (tertiary/aromatic N) is 3. The number of benzene rings is 1. The molecule has 7 heteroatoms. The molecule has 4 heterocycles. The first kappa shape index (κ1) is 13.8. The minimum absolute atomic E-state index is 0.540. The van der Waals surface area contributed by atoms with Gasteiger partial charge in [-0.25, -0.2) is 4.98 Å². The Bertz CT molecular complexity index is 850. The molecule has 2 aliphatic heterocycles. The van der Waals surface area contributed by atoms with E-state index in [4.69, 9.17) is 16.0 Å². The predicted molar refractivity (Wildman–Crippen MR) is 92.3 cm³/mol. The van der Waals surface area contributed by atoms with Crippen LogP contribution in [0.5, 0.6) is 0 Å². The highest BCUT2D eigenvalue weighted by molar-refractivity contribution is 7.13. The molecule has 2 unspecified atom stereocenters. The van der Waals surface area contributed by atoms with Crippen molar-refractivity contribution in [3.05, 3.63) is 28.7 Å². The van der Waals surface area contributed by atoms with Crippen molar-refractivity contribution in [1.29, 1.82) is 0 Å². The molecule has 2 fully saturated rings. The van der Waals surface area contributed by atoms with Crippen molar-refractivity contribution in [3.63, 3.8) is 0 Å². The van der Waals surface area contributed by atoms with Gasteiger partial charge in [-0.15, -0.1) is 11.3 Å². The molecule has 3 aromatic rings. The average molecular weight is 347 g/mol. The number of hydrogen-bond donors (Lipinski definition) is 1. The minimum atomic E-state index is 0.540. The molecule has 0 aliphatic carbocycles. The van der Waals surface area contributed by atoms with Crippen LogP contribution in [0.15, 0.2) is 28.1 Å². The molecule has 2 atom stereocenters. The van der Waals surface area contributed by atoms with E-state index in [0.29, 0.717) is 23.1 Å². The molecular weight excluding hydrogens is 332 g/mol. The first-order valence-electron chi connectivity index (χ1n) is 7.78. The second kappa shape index (κ2) is 5.19. The van der Waals surface area contributed by atoms with Crippen LogP contribution < -0.4 is 10.2 Å². The highest BCUT2D eigenvalue weighted by Gasteiger charge is 2.34. The van der Waals surface area contributed by atoms with Crippen molar-refractivity contribution in [2.45, 2.75) is 24.9 Å². The Labute approximate surface area is 142 Å². The number of oxazole rings is 1. The topological polar surface area (TPSA) is 54.2 Å². The van der Waals surface area contributed by atoms with Gasteiger partial charge in [-0.05, 0) is 25.0 Å². The molecule has 0 radical (unpaired) electrons. The van der Waals surface area contributed by atoms with Crippen LogP contribution in [0.25, 0.3) is 21.7 Å².